The van der Waals surface area contributed by atoms with Gasteiger partial charge in [0.15, 0.2) is 9.84 Å². The molecular formula is C20H23N3O4S2. The van der Waals surface area contributed by atoms with Crippen molar-refractivity contribution >= 4 is 32.8 Å². The van der Waals surface area contributed by atoms with E-state index in [1.54, 1.807) is 28.4 Å². The molecule has 0 aliphatic rings. The molecule has 0 atom stereocenters. The Morgan fingerprint density at radius 1 is 1.21 bits per heavy atom. The Hall–Kier alpha value is -2.52. The van der Waals surface area contributed by atoms with E-state index in [1.165, 1.54) is 12.1 Å². The maximum Gasteiger partial charge on any atom is 0.227 e. The fourth-order valence-corrected chi connectivity index (χ4v) is 4.24. The number of carbonyl (C=O) groups excluding carboxylic acids is 1. The number of hydrogen-bond donors (Lipinski definition) is 0. The predicted molar refractivity (Wildman–Crippen MR) is 113 cm³/mol. The van der Waals surface area contributed by atoms with Crippen molar-refractivity contribution in [3.8, 4) is 10.7 Å². The van der Waals surface area contributed by atoms with Gasteiger partial charge in [-0.15, -0.1) is 11.3 Å². The fraction of sp³-hybridized carbons (Fsp3) is 0.350. The van der Waals surface area contributed by atoms with Crippen LogP contribution in [0.1, 0.15) is 32.6 Å². The molecule has 0 radical (unpaired) electrons. The van der Waals surface area contributed by atoms with Crippen molar-refractivity contribution in [2.24, 2.45) is 0 Å². The zero-order valence-electron chi connectivity index (χ0n) is 16.5. The average Bonchev–Trinajstić information content (AvgIpc) is 3.33. The minimum Gasteiger partial charge on any atom is -0.339 e. The molecule has 1 aromatic carbocycles. The van der Waals surface area contributed by atoms with E-state index in [0.29, 0.717) is 36.7 Å². The first-order chi connectivity index (χ1) is 13.8. The van der Waals surface area contributed by atoms with Crippen LogP contribution in [-0.2, 0) is 21.1 Å². The van der Waals surface area contributed by atoms with Gasteiger partial charge < -0.3 is 9.42 Å². The fourth-order valence-electron chi connectivity index (χ4n) is 2.96. The summed E-state index contributed by atoms with van der Waals surface area (Å²) in [7, 11) is -3.27. The Morgan fingerprint density at radius 2 is 1.93 bits per heavy atom. The lowest BCUT2D eigenvalue weighted by atomic mass is 10.1. The van der Waals surface area contributed by atoms with Crippen LogP contribution in [0.2, 0.25) is 0 Å². The zero-order chi connectivity index (χ0) is 21.0. The number of carbonyl (C=O) groups is 1. The van der Waals surface area contributed by atoms with E-state index < -0.39 is 9.84 Å². The van der Waals surface area contributed by atoms with Crippen molar-refractivity contribution in [2.45, 2.75) is 44.0 Å². The van der Waals surface area contributed by atoms with Crippen LogP contribution in [0.15, 0.2) is 51.2 Å². The largest absolute Gasteiger partial charge is 0.339 e. The number of thiophene rings is 1. The molecule has 29 heavy (non-hydrogen) atoms. The second-order valence-electron chi connectivity index (χ2n) is 6.97. The summed E-state index contributed by atoms with van der Waals surface area (Å²) in [5, 5.41) is 5.93. The van der Waals surface area contributed by atoms with Crippen molar-refractivity contribution in [3.63, 3.8) is 0 Å². The van der Waals surface area contributed by atoms with Crippen LogP contribution < -0.4 is 4.90 Å². The first-order valence-electron chi connectivity index (χ1n) is 9.24. The van der Waals surface area contributed by atoms with Crippen LogP contribution >= 0.6 is 11.3 Å². The van der Waals surface area contributed by atoms with E-state index >= 15 is 0 Å². The first-order valence-corrected chi connectivity index (χ1v) is 12.0. The summed E-state index contributed by atoms with van der Waals surface area (Å²) in [6, 6.07) is 10.2. The third-order valence-electron chi connectivity index (χ3n) is 4.32. The van der Waals surface area contributed by atoms with Crippen molar-refractivity contribution < 1.29 is 17.7 Å². The molecule has 0 saturated carbocycles. The third-order valence-corrected chi connectivity index (χ3v) is 6.31. The minimum atomic E-state index is -3.27. The molecule has 9 heteroatoms. The molecule has 2 aromatic heterocycles. The van der Waals surface area contributed by atoms with Gasteiger partial charge in [0.25, 0.3) is 0 Å². The van der Waals surface area contributed by atoms with Crippen LogP contribution in [0.4, 0.5) is 5.69 Å². The monoisotopic (exact) mass is 433 g/mol. The van der Waals surface area contributed by atoms with Gasteiger partial charge in [0.05, 0.1) is 9.77 Å². The molecule has 0 unspecified atom stereocenters. The number of sulfone groups is 1. The molecule has 2 heterocycles. The summed E-state index contributed by atoms with van der Waals surface area (Å²) in [4.78, 5) is 20.0. The van der Waals surface area contributed by atoms with Gasteiger partial charge in [-0.25, -0.2) is 8.42 Å². The summed E-state index contributed by atoms with van der Waals surface area (Å²) in [6.45, 7) is 3.85. The van der Waals surface area contributed by atoms with E-state index in [0.717, 1.165) is 11.1 Å². The van der Waals surface area contributed by atoms with Crippen LogP contribution in [0.25, 0.3) is 10.7 Å². The van der Waals surface area contributed by atoms with E-state index in [4.69, 9.17) is 4.52 Å². The van der Waals surface area contributed by atoms with Crippen LogP contribution in [0.3, 0.4) is 0 Å². The molecule has 0 aliphatic heterocycles. The zero-order valence-corrected chi connectivity index (χ0v) is 18.2. The number of amides is 1. The normalized spacial score (nSPS) is 11.7. The maximum absolute atomic E-state index is 12.8. The molecule has 3 rings (SSSR count). The number of aryl methyl sites for hydroxylation is 1. The Labute approximate surface area is 174 Å². The molecular weight excluding hydrogens is 410 g/mol. The molecule has 0 fully saturated rings. The number of aromatic nitrogens is 2. The SMILES string of the molecule is CC(C)N(C(=O)CCCc1nc(-c2cccs2)no1)c1ccc(S(C)(=O)=O)cc1. The quantitative estimate of drug-likeness (QED) is 0.534. The second kappa shape index (κ2) is 8.87. The van der Waals surface area contributed by atoms with Gasteiger partial charge in [0, 0.05) is 30.8 Å². The maximum atomic E-state index is 12.8. The molecule has 7 nitrogen and oxygen atoms in total. The lowest BCUT2D eigenvalue weighted by Crippen LogP contribution is -2.36. The molecule has 0 N–H and O–H groups in total. The van der Waals surface area contributed by atoms with Gasteiger partial charge in [0.1, 0.15) is 0 Å². The highest BCUT2D eigenvalue weighted by Crippen LogP contribution is 2.23. The summed E-state index contributed by atoms with van der Waals surface area (Å²) in [5.74, 6) is 1.04. The number of hydrogen-bond acceptors (Lipinski definition) is 7. The minimum absolute atomic E-state index is 0.0369. The number of nitrogens with zero attached hydrogens (tertiary/aromatic N) is 3. The van der Waals surface area contributed by atoms with E-state index in [2.05, 4.69) is 10.1 Å². The standard InChI is InChI=1S/C20H23N3O4S2/c1-14(2)23(15-9-11-16(12-10-15)29(3,25)26)19(24)8-4-7-18-21-20(22-27-18)17-6-5-13-28-17/h5-6,9-14H,4,7-8H2,1-3H3. The summed E-state index contributed by atoms with van der Waals surface area (Å²) in [6.07, 6.45) is 2.58. The highest BCUT2D eigenvalue weighted by molar-refractivity contribution is 7.90. The number of benzene rings is 1. The van der Waals surface area contributed by atoms with Crippen LogP contribution in [0, 0.1) is 0 Å². The van der Waals surface area contributed by atoms with E-state index in [1.807, 2.05) is 31.4 Å². The molecule has 0 aliphatic carbocycles. The van der Waals surface area contributed by atoms with E-state index in [9.17, 15) is 13.2 Å². The first kappa shape index (κ1) is 21.2. The van der Waals surface area contributed by atoms with Gasteiger partial charge >= 0.3 is 0 Å². The Morgan fingerprint density at radius 3 is 2.52 bits per heavy atom. The Bertz CT molecular complexity index is 1060. The third kappa shape index (κ3) is 5.30. The molecule has 1 amide bonds. The molecule has 0 saturated heterocycles. The molecule has 3 aromatic rings. The van der Waals surface area contributed by atoms with Crippen molar-refractivity contribution in [1.29, 1.82) is 0 Å². The molecule has 154 valence electrons. The van der Waals surface area contributed by atoms with Crippen molar-refractivity contribution in [2.75, 3.05) is 11.2 Å². The van der Waals surface area contributed by atoms with Crippen LogP contribution in [-0.4, -0.2) is 36.8 Å². The highest BCUT2D eigenvalue weighted by atomic mass is 32.2. The van der Waals surface area contributed by atoms with Gasteiger partial charge in [-0.3, -0.25) is 4.79 Å². The summed E-state index contributed by atoms with van der Waals surface area (Å²) >= 11 is 1.54. The lowest BCUT2D eigenvalue weighted by Gasteiger charge is -2.27. The van der Waals surface area contributed by atoms with Gasteiger partial charge in [-0.2, -0.15) is 4.98 Å². The number of rotatable bonds is 8. The Balaban J connectivity index is 1.61. The summed E-state index contributed by atoms with van der Waals surface area (Å²) < 4.78 is 28.5. The van der Waals surface area contributed by atoms with Crippen molar-refractivity contribution in [3.05, 3.63) is 47.7 Å². The van der Waals surface area contributed by atoms with Crippen molar-refractivity contribution in [1.82, 2.24) is 10.1 Å². The predicted octanol–water partition coefficient (Wildman–Crippen LogP) is 3.97. The average molecular weight is 434 g/mol. The Kier molecular flexibility index (Phi) is 6.49. The topological polar surface area (TPSA) is 93.4 Å². The number of anilines is 1. The van der Waals surface area contributed by atoms with Crippen LogP contribution in [0.5, 0.6) is 0 Å². The lowest BCUT2D eigenvalue weighted by molar-refractivity contribution is -0.119. The van der Waals surface area contributed by atoms with Gasteiger partial charge in [0.2, 0.25) is 17.6 Å². The molecule has 0 spiro atoms. The summed E-state index contributed by atoms with van der Waals surface area (Å²) in [5.41, 5.74) is 0.676. The van der Waals surface area contributed by atoms with E-state index in [-0.39, 0.29) is 16.8 Å². The highest BCUT2D eigenvalue weighted by Gasteiger charge is 2.20. The second-order valence-corrected chi connectivity index (χ2v) is 9.93. The molecule has 0 bridgehead atoms. The van der Waals surface area contributed by atoms with Gasteiger partial charge in [-0.05, 0) is 56.0 Å². The van der Waals surface area contributed by atoms with Gasteiger partial charge in [-0.1, -0.05) is 11.2 Å². The smallest absolute Gasteiger partial charge is 0.227 e.